The van der Waals surface area contributed by atoms with Gasteiger partial charge in [0, 0.05) is 12.6 Å². The molecule has 3 rings (SSSR count). The Kier molecular flexibility index (Phi) is 9.29. The monoisotopic (exact) mass is 571 g/mol. The smallest absolute Gasteiger partial charge is 0.475 e. The van der Waals surface area contributed by atoms with Gasteiger partial charge in [-0.05, 0) is 12.0 Å². The third-order valence-corrected chi connectivity index (χ3v) is 7.21. The van der Waals surface area contributed by atoms with Crippen molar-refractivity contribution < 1.29 is 68.5 Å². The molecule has 0 spiro atoms. The maximum atomic E-state index is 12.7. The lowest BCUT2D eigenvalue weighted by atomic mass is 9.85. The van der Waals surface area contributed by atoms with E-state index in [1.54, 1.807) is 0 Å². The average Bonchev–Trinajstić information content (AvgIpc) is 3.12. The van der Waals surface area contributed by atoms with Crippen molar-refractivity contribution in [2.75, 3.05) is 18.9 Å². The number of carboxylic acids is 1. The molecule has 216 valence electrons. The third-order valence-electron chi connectivity index (χ3n) is 6.21. The number of carbonyl (C=O) groups is 1. The van der Waals surface area contributed by atoms with Crippen LogP contribution in [0.4, 0.5) is 5.82 Å². The largest absolute Gasteiger partial charge is 0.477 e. The van der Waals surface area contributed by atoms with Crippen molar-refractivity contribution in [2.24, 2.45) is 5.92 Å². The summed E-state index contributed by atoms with van der Waals surface area (Å²) < 4.78 is 33.7. The van der Waals surface area contributed by atoms with Crippen molar-refractivity contribution in [2.45, 2.75) is 68.1 Å². The number of rotatable bonds is 10. The van der Waals surface area contributed by atoms with Gasteiger partial charge < -0.3 is 55.8 Å². The molecule has 0 bridgehead atoms. The molecule has 11 atom stereocenters. The van der Waals surface area contributed by atoms with Gasteiger partial charge in [0.25, 0.3) is 5.79 Å². The van der Waals surface area contributed by atoms with Crippen LogP contribution < -0.4 is 11.4 Å². The molecule has 0 aromatic carbocycles. The van der Waals surface area contributed by atoms with Gasteiger partial charge in [-0.15, -0.1) is 0 Å². The minimum Gasteiger partial charge on any atom is -0.477 e. The Morgan fingerprint density at radius 2 is 1.97 bits per heavy atom. The molecule has 1 aromatic heterocycles. The van der Waals surface area contributed by atoms with Crippen LogP contribution in [0.5, 0.6) is 0 Å². The van der Waals surface area contributed by atoms with Gasteiger partial charge in [0.2, 0.25) is 0 Å². The lowest BCUT2D eigenvalue weighted by Gasteiger charge is -2.45. The standard InChI is InChI=1S/C19H30N3O15P/c1-7-4-19(17(29)30,36-15(11(7)25)12(26)8(24)5-23)37-38(32,33)34-6-9-13(27)14(28)16(35-9)22-3-2-10(20)21-18(22)31/h2-3,7-9,11-16,23-28H,4-6H2,1H3,(H,29,30)(H,32,33)(H2,20,21,31). The quantitative estimate of drug-likeness (QED) is 0.120. The van der Waals surface area contributed by atoms with Gasteiger partial charge in [0.05, 0.1) is 19.3 Å². The van der Waals surface area contributed by atoms with E-state index in [1.165, 1.54) is 13.0 Å². The van der Waals surface area contributed by atoms with Gasteiger partial charge >= 0.3 is 19.5 Å². The van der Waals surface area contributed by atoms with E-state index in [4.69, 9.17) is 29.4 Å². The third kappa shape index (κ3) is 6.22. The van der Waals surface area contributed by atoms with E-state index in [2.05, 4.69) is 4.98 Å². The van der Waals surface area contributed by atoms with Crippen molar-refractivity contribution >= 4 is 19.6 Å². The molecule has 19 heteroatoms. The second-order valence-corrected chi connectivity index (χ2v) is 10.4. The minimum atomic E-state index is -5.37. The molecule has 18 nitrogen and oxygen atoms in total. The summed E-state index contributed by atoms with van der Waals surface area (Å²) in [7, 11) is -5.37. The number of aliphatic carboxylic acids is 1. The molecular formula is C19H30N3O15P. The van der Waals surface area contributed by atoms with Gasteiger partial charge in [-0.1, -0.05) is 6.92 Å². The van der Waals surface area contributed by atoms with Gasteiger partial charge in [-0.2, -0.15) is 4.98 Å². The van der Waals surface area contributed by atoms with Crippen molar-refractivity contribution in [3.05, 3.63) is 22.7 Å². The van der Waals surface area contributed by atoms with E-state index < -0.39 is 99.8 Å². The number of anilines is 1. The first kappa shape index (κ1) is 30.5. The van der Waals surface area contributed by atoms with Crippen LogP contribution in [0, 0.1) is 5.92 Å². The molecule has 10 N–H and O–H groups in total. The van der Waals surface area contributed by atoms with Crippen LogP contribution in [0.15, 0.2) is 17.1 Å². The number of carboxylic acid groups (broad SMARTS) is 1. The molecule has 38 heavy (non-hydrogen) atoms. The highest BCUT2D eigenvalue weighted by molar-refractivity contribution is 7.47. The number of nitrogens with two attached hydrogens (primary N) is 1. The topological polar surface area (TPSA) is 294 Å². The predicted octanol–water partition coefficient (Wildman–Crippen LogP) is -4.14. The molecule has 2 saturated heterocycles. The van der Waals surface area contributed by atoms with Crippen LogP contribution in [0.25, 0.3) is 0 Å². The molecule has 1 aromatic rings. The summed E-state index contributed by atoms with van der Waals surface area (Å²) >= 11 is 0. The van der Waals surface area contributed by atoms with Gasteiger partial charge in [-0.25, -0.2) is 18.7 Å². The SMILES string of the molecule is CC1CC(OP(=O)(O)OCC2OC(n3ccc(N)nc3=O)C(O)C2O)(C(=O)O)OC(C(O)C(O)CO)C1O. The van der Waals surface area contributed by atoms with E-state index in [9.17, 15) is 49.7 Å². The Hall–Kier alpha value is -2.06. The van der Waals surface area contributed by atoms with Crippen LogP contribution in [-0.2, 0) is 27.9 Å². The van der Waals surface area contributed by atoms with Crippen molar-refractivity contribution in [1.29, 1.82) is 0 Å². The minimum absolute atomic E-state index is 0.114. The number of phosphoric ester groups is 1. The summed E-state index contributed by atoms with van der Waals surface area (Å²) in [5, 5.41) is 69.6. The summed E-state index contributed by atoms with van der Waals surface area (Å²) in [6.07, 6.45) is -13.3. The van der Waals surface area contributed by atoms with Crippen molar-refractivity contribution in [1.82, 2.24) is 9.55 Å². The fourth-order valence-corrected chi connectivity index (χ4v) is 5.09. The van der Waals surface area contributed by atoms with Gasteiger partial charge in [0.1, 0.15) is 42.4 Å². The summed E-state index contributed by atoms with van der Waals surface area (Å²) in [6.45, 7) is -0.594. The molecule has 2 aliphatic rings. The zero-order chi connectivity index (χ0) is 28.6. The molecule has 3 heterocycles. The van der Waals surface area contributed by atoms with E-state index in [-0.39, 0.29) is 5.82 Å². The van der Waals surface area contributed by atoms with E-state index in [1.807, 2.05) is 0 Å². The van der Waals surface area contributed by atoms with Gasteiger partial charge in [0.15, 0.2) is 6.23 Å². The molecule has 0 radical (unpaired) electrons. The van der Waals surface area contributed by atoms with Crippen LogP contribution >= 0.6 is 7.82 Å². The van der Waals surface area contributed by atoms with Crippen LogP contribution in [0.3, 0.4) is 0 Å². The van der Waals surface area contributed by atoms with Crippen LogP contribution in [0.1, 0.15) is 19.6 Å². The number of ether oxygens (including phenoxy) is 2. The Labute approximate surface area is 214 Å². The highest BCUT2D eigenvalue weighted by Crippen LogP contribution is 2.52. The lowest BCUT2D eigenvalue weighted by molar-refractivity contribution is -0.298. The fourth-order valence-electron chi connectivity index (χ4n) is 4.14. The lowest BCUT2D eigenvalue weighted by Crippen LogP contribution is -2.61. The maximum Gasteiger partial charge on any atom is 0.475 e. The van der Waals surface area contributed by atoms with Crippen LogP contribution in [0.2, 0.25) is 0 Å². The number of aromatic nitrogens is 2. The Morgan fingerprint density at radius 1 is 1.32 bits per heavy atom. The summed E-state index contributed by atoms with van der Waals surface area (Å²) in [4.78, 5) is 37.8. The number of hydrogen-bond donors (Lipinski definition) is 9. The highest BCUT2D eigenvalue weighted by atomic mass is 31.2. The molecule has 11 unspecified atom stereocenters. The zero-order valence-electron chi connectivity index (χ0n) is 19.8. The second kappa shape index (κ2) is 11.6. The van der Waals surface area contributed by atoms with Crippen molar-refractivity contribution in [3.8, 4) is 0 Å². The number of aliphatic hydroxyl groups excluding tert-OH is 6. The second-order valence-electron chi connectivity index (χ2n) is 9.00. The molecule has 0 saturated carbocycles. The first-order valence-electron chi connectivity index (χ1n) is 11.2. The summed E-state index contributed by atoms with van der Waals surface area (Å²) in [5.41, 5.74) is 4.49. The highest BCUT2D eigenvalue weighted by Gasteiger charge is 2.57. The Morgan fingerprint density at radius 3 is 2.55 bits per heavy atom. The molecule has 0 aliphatic carbocycles. The number of hydrogen-bond acceptors (Lipinski definition) is 15. The molecular weight excluding hydrogens is 541 g/mol. The zero-order valence-corrected chi connectivity index (χ0v) is 20.7. The van der Waals surface area contributed by atoms with E-state index in [0.29, 0.717) is 0 Å². The number of phosphoric acid groups is 1. The Bertz CT molecular complexity index is 1110. The number of aliphatic hydroxyl groups is 6. The van der Waals surface area contributed by atoms with E-state index >= 15 is 0 Å². The number of nitrogen functional groups attached to an aromatic ring is 1. The van der Waals surface area contributed by atoms with Gasteiger partial charge in [-0.3, -0.25) is 9.09 Å². The Balaban J connectivity index is 1.74. The molecule has 2 aliphatic heterocycles. The van der Waals surface area contributed by atoms with E-state index in [0.717, 1.165) is 10.8 Å². The normalized spacial score (nSPS) is 36.9. The van der Waals surface area contributed by atoms with Crippen molar-refractivity contribution in [3.63, 3.8) is 0 Å². The number of nitrogens with zero attached hydrogens (tertiary/aromatic N) is 2. The summed E-state index contributed by atoms with van der Waals surface area (Å²) in [5.74, 6) is -6.03. The predicted molar refractivity (Wildman–Crippen MR) is 120 cm³/mol. The molecule has 2 fully saturated rings. The molecule has 0 amide bonds. The maximum absolute atomic E-state index is 12.7. The first-order chi connectivity index (χ1) is 17.6. The van der Waals surface area contributed by atoms with Crippen LogP contribution in [-0.4, -0.2) is 118 Å². The first-order valence-corrected chi connectivity index (χ1v) is 12.7. The summed E-state index contributed by atoms with van der Waals surface area (Å²) in [6, 6.07) is 1.22. The fraction of sp³-hybridized carbons (Fsp3) is 0.737. The average molecular weight is 571 g/mol.